The average Bonchev–Trinajstić information content (AvgIpc) is 2.36. The molecule has 1 heterocycles. The number of aliphatic carboxylic acids is 1. The van der Waals surface area contributed by atoms with Crippen LogP contribution in [0.4, 0.5) is 0 Å². The molecule has 0 unspecified atom stereocenters. The summed E-state index contributed by atoms with van der Waals surface area (Å²) in [6, 6.07) is -0.734. The Kier molecular flexibility index (Phi) is 6.41. The van der Waals surface area contributed by atoms with Crippen molar-refractivity contribution in [2.45, 2.75) is 25.3 Å². The highest BCUT2D eigenvalue weighted by atomic mass is 32.2. The standard InChI is InChI=1S/C12H18N2O4S2/c1-6(15)9(13-7(2)16)11-14-10(12(17)18)8(4-19-3)5-20-11/h9,11,14H,4-5H2,1-3H3,(H,13,16)(H,17,18)/t9-,11-/m1/s1. The minimum atomic E-state index is -1.04. The summed E-state index contributed by atoms with van der Waals surface area (Å²) in [6.07, 6.45) is 1.90. The molecule has 6 nitrogen and oxygen atoms in total. The molecule has 1 aliphatic rings. The molecular weight excluding hydrogens is 300 g/mol. The summed E-state index contributed by atoms with van der Waals surface area (Å²) in [5, 5.41) is 14.2. The predicted octanol–water partition coefficient (Wildman–Crippen LogP) is 0.444. The monoisotopic (exact) mass is 318 g/mol. The van der Waals surface area contributed by atoms with E-state index in [0.29, 0.717) is 11.5 Å². The van der Waals surface area contributed by atoms with Gasteiger partial charge in [-0.05, 0) is 18.8 Å². The third kappa shape index (κ3) is 4.45. The number of rotatable bonds is 6. The summed E-state index contributed by atoms with van der Waals surface area (Å²) in [6.45, 7) is 2.71. The van der Waals surface area contributed by atoms with Gasteiger partial charge in [-0.3, -0.25) is 9.59 Å². The van der Waals surface area contributed by atoms with Gasteiger partial charge in [-0.2, -0.15) is 11.8 Å². The second-order valence-electron chi connectivity index (χ2n) is 4.38. The molecule has 0 aliphatic carbocycles. The first kappa shape index (κ1) is 16.9. The van der Waals surface area contributed by atoms with Crippen molar-refractivity contribution in [1.29, 1.82) is 0 Å². The summed E-state index contributed by atoms with van der Waals surface area (Å²) in [7, 11) is 0. The Morgan fingerprint density at radius 2 is 2.15 bits per heavy atom. The number of amides is 1. The topological polar surface area (TPSA) is 95.5 Å². The van der Waals surface area contributed by atoms with Gasteiger partial charge in [0.2, 0.25) is 5.91 Å². The van der Waals surface area contributed by atoms with Crippen molar-refractivity contribution < 1.29 is 19.5 Å². The molecule has 20 heavy (non-hydrogen) atoms. The number of ketones is 1. The third-order valence-electron chi connectivity index (χ3n) is 2.71. The molecule has 0 fully saturated rings. The zero-order valence-electron chi connectivity index (χ0n) is 11.6. The van der Waals surface area contributed by atoms with Crippen molar-refractivity contribution in [2.24, 2.45) is 0 Å². The summed E-state index contributed by atoms with van der Waals surface area (Å²) >= 11 is 2.97. The van der Waals surface area contributed by atoms with E-state index >= 15 is 0 Å². The molecule has 0 aromatic carbocycles. The number of carbonyl (C=O) groups is 3. The lowest BCUT2D eigenvalue weighted by Gasteiger charge is -2.32. The van der Waals surface area contributed by atoms with Gasteiger partial charge < -0.3 is 15.7 Å². The molecule has 1 rings (SSSR count). The average molecular weight is 318 g/mol. The molecule has 8 heteroatoms. The van der Waals surface area contributed by atoms with Crippen molar-refractivity contribution in [3.05, 3.63) is 11.3 Å². The van der Waals surface area contributed by atoms with Crippen LogP contribution >= 0.6 is 23.5 Å². The molecule has 112 valence electrons. The van der Waals surface area contributed by atoms with Crippen LogP contribution in [0.1, 0.15) is 13.8 Å². The maximum absolute atomic E-state index is 11.6. The molecule has 2 atom stereocenters. The first-order chi connectivity index (χ1) is 9.36. The van der Waals surface area contributed by atoms with E-state index in [4.69, 9.17) is 0 Å². The molecule has 0 bridgehead atoms. The number of carboxylic acid groups (broad SMARTS) is 1. The van der Waals surface area contributed by atoms with Gasteiger partial charge >= 0.3 is 5.97 Å². The molecule has 0 spiro atoms. The number of nitrogens with one attached hydrogen (secondary N) is 2. The van der Waals surface area contributed by atoms with Gasteiger partial charge in [-0.1, -0.05) is 0 Å². The Bertz CT molecular complexity index is 451. The van der Waals surface area contributed by atoms with Crippen LogP contribution in [0.5, 0.6) is 0 Å². The molecule has 0 saturated carbocycles. The zero-order chi connectivity index (χ0) is 15.3. The molecular formula is C12H18N2O4S2. The van der Waals surface area contributed by atoms with Gasteiger partial charge in [0.1, 0.15) is 17.1 Å². The van der Waals surface area contributed by atoms with Crippen molar-refractivity contribution in [2.75, 3.05) is 17.8 Å². The van der Waals surface area contributed by atoms with Crippen molar-refractivity contribution in [3.63, 3.8) is 0 Å². The van der Waals surface area contributed by atoms with E-state index in [1.165, 1.54) is 25.6 Å². The van der Waals surface area contributed by atoms with Gasteiger partial charge in [0.05, 0.1) is 0 Å². The van der Waals surface area contributed by atoms with Crippen LogP contribution in [0.15, 0.2) is 11.3 Å². The van der Waals surface area contributed by atoms with Crippen molar-refractivity contribution in [3.8, 4) is 0 Å². The lowest BCUT2D eigenvalue weighted by Crippen LogP contribution is -2.53. The van der Waals surface area contributed by atoms with E-state index in [0.717, 1.165) is 5.57 Å². The molecule has 0 saturated heterocycles. The lowest BCUT2D eigenvalue weighted by molar-refractivity contribution is -0.133. The second-order valence-corrected chi connectivity index (χ2v) is 6.38. The van der Waals surface area contributed by atoms with Crippen molar-refractivity contribution in [1.82, 2.24) is 10.6 Å². The minimum absolute atomic E-state index is 0.139. The first-order valence-corrected chi connectivity index (χ1v) is 8.41. The lowest BCUT2D eigenvalue weighted by atomic mass is 10.1. The van der Waals surface area contributed by atoms with Crippen LogP contribution in [0.25, 0.3) is 0 Å². The largest absolute Gasteiger partial charge is 0.477 e. The third-order valence-corrected chi connectivity index (χ3v) is 4.61. The highest BCUT2D eigenvalue weighted by molar-refractivity contribution is 8.00. The molecule has 0 radical (unpaired) electrons. The molecule has 0 aromatic rings. The number of carboxylic acids is 1. The molecule has 1 amide bonds. The Morgan fingerprint density at radius 3 is 2.60 bits per heavy atom. The molecule has 3 N–H and O–H groups in total. The summed E-state index contributed by atoms with van der Waals surface area (Å²) in [4.78, 5) is 34.1. The number of thioether (sulfide) groups is 2. The number of hydrogen-bond donors (Lipinski definition) is 3. The highest BCUT2D eigenvalue weighted by Crippen LogP contribution is 2.26. The van der Waals surface area contributed by atoms with Gasteiger partial charge in [-0.25, -0.2) is 4.79 Å². The van der Waals surface area contributed by atoms with Crippen LogP contribution in [0.3, 0.4) is 0 Å². The Labute approximate surface area is 126 Å². The van der Waals surface area contributed by atoms with Crippen LogP contribution in [0, 0.1) is 0 Å². The summed E-state index contributed by atoms with van der Waals surface area (Å²) < 4.78 is 0. The zero-order valence-corrected chi connectivity index (χ0v) is 13.2. The minimum Gasteiger partial charge on any atom is -0.477 e. The number of hydrogen-bond acceptors (Lipinski definition) is 6. The fraction of sp³-hybridized carbons (Fsp3) is 0.583. The Hall–Kier alpha value is -1.15. The van der Waals surface area contributed by atoms with Crippen LogP contribution in [-0.4, -0.2) is 51.9 Å². The van der Waals surface area contributed by atoms with Gasteiger partial charge in [-0.15, -0.1) is 11.8 Å². The van der Waals surface area contributed by atoms with Gasteiger partial charge in [0.15, 0.2) is 5.78 Å². The molecule has 0 aromatic heterocycles. The Morgan fingerprint density at radius 1 is 1.50 bits per heavy atom. The van der Waals surface area contributed by atoms with E-state index in [2.05, 4.69) is 10.6 Å². The van der Waals surface area contributed by atoms with E-state index in [9.17, 15) is 19.5 Å². The second kappa shape index (κ2) is 7.58. The number of carbonyl (C=O) groups excluding carboxylic acids is 2. The fourth-order valence-corrected chi connectivity index (χ4v) is 3.84. The highest BCUT2D eigenvalue weighted by Gasteiger charge is 2.33. The van der Waals surface area contributed by atoms with E-state index in [1.807, 2.05) is 6.26 Å². The maximum atomic E-state index is 11.6. The van der Waals surface area contributed by atoms with Gasteiger partial charge in [0.25, 0.3) is 0 Å². The maximum Gasteiger partial charge on any atom is 0.351 e. The van der Waals surface area contributed by atoms with E-state index < -0.39 is 17.4 Å². The van der Waals surface area contributed by atoms with Crippen molar-refractivity contribution >= 4 is 41.2 Å². The number of Topliss-reactive ketones (excluding diaryl/α,β-unsaturated/α-hetero) is 1. The quantitative estimate of drug-likeness (QED) is 0.654. The Balaban J connectivity index is 2.93. The molecule has 1 aliphatic heterocycles. The smallest absolute Gasteiger partial charge is 0.351 e. The first-order valence-electron chi connectivity index (χ1n) is 5.96. The van der Waals surface area contributed by atoms with Crippen LogP contribution < -0.4 is 10.6 Å². The van der Waals surface area contributed by atoms with Crippen LogP contribution in [-0.2, 0) is 14.4 Å². The summed E-state index contributed by atoms with van der Waals surface area (Å²) in [5.41, 5.74) is 0.941. The summed E-state index contributed by atoms with van der Waals surface area (Å²) in [5.74, 6) is -0.404. The normalized spacial score (nSPS) is 20.1. The SMILES string of the molecule is CSCC1=C(C(=O)O)N[C@@H]([C@H](NC(C)=O)C(C)=O)SC1. The predicted molar refractivity (Wildman–Crippen MR) is 80.7 cm³/mol. The van der Waals surface area contributed by atoms with E-state index in [1.54, 1.807) is 11.8 Å². The van der Waals surface area contributed by atoms with E-state index in [-0.39, 0.29) is 17.4 Å². The van der Waals surface area contributed by atoms with Gasteiger partial charge in [0, 0.05) is 18.4 Å². The van der Waals surface area contributed by atoms with Crippen LogP contribution in [0.2, 0.25) is 0 Å². The fourth-order valence-electron chi connectivity index (χ4n) is 1.84.